The maximum atomic E-state index is 12.0. The highest BCUT2D eigenvalue weighted by Crippen LogP contribution is 2.30. The maximum absolute atomic E-state index is 12.0. The van der Waals surface area contributed by atoms with Crippen LogP contribution in [-0.4, -0.2) is 27.8 Å². The molecule has 0 aliphatic carbocycles. The number of nitrogens with two attached hydrogens (primary N) is 1. The number of rotatable bonds is 4. The zero-order valence-electron chi connectivity index (χ0n) is 10.1. The molecule has 1 aromatic carbocycles. The predicted molar refractivity (Wildman–Crippen MR) is 73.8 cm³/mol. The molecule has 0 unspecified atom stereocenters. The molecule has 0 bridgehead atoms. The number of hydrogen-bond donors (Lipinski definition) is 3. The standard InChI is InChI=1S/C11H11F3N4OS/c12-11(13,14)20-2-1-16-9-4-8-6(3-7(9)15)10(19)18-5-17-8/h3-5,16H,1-2,15H2,(H,17,18,19). The van der Waals surface area contributed by atoms with Gasteiger partial charge in [-0.3, -0.25) is 4.79 Å². The summed E-state index contributed by atoms with van der Waals surface area (Å²) in [4.78, 5) is 17.9. The van der Waals surface area contributed by atoms with Crippen molar-refractivity contribution in [3.63, 3.8) is 0 Å². The number of benzene rings is 1. The second kappa shape index (κ2) is 5.61. The number of halogens is 3. The number of fused-ring (bicyclic) bond motifs is 1. The average Bonchev–Trinajstić information content (AvgIpc) is 2.35. The van der Waals surface area contributed by atoms with Crippen molar-refractivity contribution in [1.82, 2.24) is 9.97 Å². The molecule has 0 fully saturated rings. The summed E-state index contributed by atoms with van der Waals surface area (Å²) in [5.41, 5.74) is 2.36. The second-order valence-corrected chi connectivity index (χ2v) is 5.07. The summed E-state index contributed by atoms with van der Waals surface area (Å²) in [6, 6.07) is 2.98. The van der Waals surface area contributed by atoms with Crippen LogP contribution < -0.4 is 16.6 Å². The van der Waals surface area contributed by atoms with E-state index in [0.717, 1.165) is 0 Å². The Morgan fingerprint density at radius 3 is 2.85 bits per heavy atom. The van der Waals surface area contributed by atoms with Gasteiger partial charge in [0, 0.05) is 12.3 Å². The fourth-order valence-corrected chi connectivity index (χ4v) is 2.07. The number of aromatic amines is 1. The number of nitrogens with one attached hydrogen (secondary N) is 2. The first kappa shape index (κ1) is 14.5. The Hall–Kier alpha value is -1.90. The summed E-state index contributed by atoms with van der Waals surface area (Å²) in [6.45, 7) is 0.100. The quantitative estimate of drug-likeness (QED) is 0.595. The highest BCUT2D eigenvalue weighted by atomic mass is 32.2. The van der Waals surface area contributed by atoms with Crippen molar-refractivity contribution in [3.05, 3.63) is 28.8 Å². The molecular weight excluding hydrogens is 293 g/mol. The molecule has 0 amide bonds. The molecular formula is C11H11F3N4OS. The first-order valence-electron chi connectivity index (χ1n) is 5.58. The van der Waals surface area contributed by atoms with Crippen molar-refractivity contribution in [2.45, 2.75) is 5.51 Å². The van der Waals surface area contributed by atoms with E-state index in [1.807, 2.05) is 0 Å². The lowest BCUT2D eigenvalue weighted by molar-refractivity contribution is -0.0327. The van der Waals surface area contributed by atoms with Gasteiger partial charge in [0.15, 0.2) is 0 Å². The number of anilines is 2. The van der Waals surface area contributed by atoms with Crippen molar-refractivity contribution in [2.24, 2.45) is 0 Å². The van der Waals surface area contributed by atoms with E-state index in [-0.39, 0.29) is 35.3 Å². The van der Waals surface area contributed by atoms with Crippen LogP contribution in [-0.2, 0) is 0 Å². The van der Waals surface area contributed by atoms with Gasteiger partial charge in [-0.25, -0.2) is 4.98 Å². The Morgan fingerprint density at radius 1 is 1.40 bits per heavy atom. The average molecular weight is 304 g/mol. The Labute approximate surface area is 115 Å². The fraction of sp³-hybridized carbons (Fsp3) is 0.273. The number of hydrogen-bond acceptors (Lipinski definition) is 5. The van der Waals surface area contributed by atoms with Crippen molar-refractivity contribution in [3.8, 4) is 0 Å². The third kappa shape index (κ3) is 3.56. The van der Waals surface area contributed by atoms with Gasteiger partial charge in [0.2, 0.25) is 0 Å². The minimum Gasteiger partial charge on any atom is -0.397 e. The summed E-state index contributed by atoms with van der Waals surface area (Å²) in [6.07, 6.45) is 1.25. The monoisotopic (exact) mass is 304 g/mol. The maximum Gasteiger partial charge on any atom is 0.441 e. The lowest BCUT2D eigenvalue weighted by Gasteiger charge is -2.11. The van der Waals surface area contributed by atoms with Gasteiger partial charge in [-0.05, 0) is 23.9 Å². The zero-order valence-corrected chi connectivity index (χ0v) is 10.9. The lowest BCUT2D eigenvalue weighted by Crippen LogP contribution is -2.12. The number of nitrogen functional groups attached to an aromatic ring is 1. The number of aromatic nitrogens is 2. The van der Waals surface area contributed by atoms with Crippen LogP contribution in [0.25, 0.3) is 10.9 Å². The van der Waals surface area contributed by atoms with Crippen molar-refractivity contribution < 1.29 is 13.2 Å². The number of alkyl halides is 3. The summed E-state index contributed by atoms with van der Waals surface area (Å²) < 4.78 is 35.9. The Bertz CT molecular complexity index is 671. The molecule has 2 rings (SSSR count). The van der Waals surface area contributed by atoms with E-state index in [1.165, 1.54) is 18.5 Å². The van der Waals surface area contributed by atoms with Crippen LogP contribution in [0.5, 0.6) is 0 Å². The molecule has 0 aliphatic heterocycles. The molecule has 9 heteroatoms. The summed E-state index contributed by atoms with van der Waals surface area (Å²) >= 11 is -0.109. The van der Waals surface area contributed by atoms with Crippen LogP contribution >= 0.6 is 11.8 Å². The minimum atomic E-state index is -4.24. The van der Waals surface area contributed by atoms with Crippen LogP contribution in [0, 0.1) is 0 Å². The van der Waals surface area contributed by atoms with Crippen LogP contribution in [0.4, 0.5) is 24.5 Å². The van der Waals surface area contributed by atoms with E-state index in [4.69, 9.17) is 5.73 Å². The third-order valence-electron chi connectivity index (χ3n) is 2.49. The molecule has 0 atom stereocenters. The normalized spacial score (nSPS) is 11.8. The van der Waals surface area contributed by atoms with Gasteiger partial charge in [-0.15, -0.1) is 0 Å². The van der Waals surface area contributed by atoms with Crippen LogP contribution in [0.1, 0.15) is 0 Å². The molecule has 5 nitrogen and oxygen atoms in total. The second-order valence-electron chi connectivity index (χ2n) is 3.91. The third-order valence-corrected chi connectivity index (χ3v) is 3.23. The van der Waals surface area contributed by atoms with Gasteiger partial charge in [0.05, 0.1) is 28.6 Å². The largest absolute Gasteiger partial charge is 0.441 e. The van der Waals surface area contributed by atoms with Gasteiger partial charge in [0.1, 0.15) is 0 Å². The summed E-state index contributed by atoms with van der Waals surface area (Å²) in [5.74, 6) is -0.135. The topological polar surface area (TPSA) is 83.8 Å². The van der Waals surface area contributed by atoms with Crippen LogP contribution in [0.3, 0.4) is 0 Å². The number of thioether (sulfide) groups is 1. The van der Waals surface area contributed by atoms with E-state index in [9.17, 15) is 18.0 Å². The van der Waals surface area contributed by atoms with Crippen molar-refractivity contribution in [2.75, 3.05) is 23.3 Å². The fourth-order valence-electron chi connectivity index (χ4n) is 1.64. The molecule has 1 aromatic heterocycles. The molecule has 108 valence electrons. The SMILES string of the molecule is Nc1cc2c(=O)[nH]cnc2cc1NCCSC(F)(F)F. The Morgan fingerprint density at radius 2 is 2.15 bits per heavy atom. The number of H-pyrrole nitrogens is 1. The Kier molecular flexibility index (Phi) is 4.07. The van der Waals surface area contributed by atoms with Crippen molar-refractivity contribution in [1.29, 1.82) is 0 Å². The summed E-state index contributed by atoms with van der Waals surface area (Å²) in [7, 11) is 0. The molecule has 2 aromatic rings. The number of nitrogens with zero attached hydrogens (tertiary/aromatic N) is 1. The van der Waals surface area contributed by atoms with Gasteiger partial charge < -0.3 is 16.0 Å². The van der Waals surface area contributed by atoms with E-state index >= 15 is 0 Å². The van der Waals surface area contributed by atoms with Gasteiger partial charge in [-0.2, -0.15) is 13.2 Å². The molecule has 0 aliphatic rings. The first-order chi connectivity index (χ1) is 9.37. The summed E-state index contributed by atoms with van der Waals surface area (Å²) in [5, 5.41) is 3.13. The minimum absolute atomic E-state index is 0.100. The van der Waals surface area contributed by atoms with E-state index in [0.29, 0.717) is 16.6 Å². The first-order valence-corrected chi connectivity index (χ1v) is 6.57. The van der Waals surface area contributed by atoms with Gasteiger partial charge >= 0.3 is 5.51 Å². The molecule has 0 spiro atoms. The lowest BCUT2D eigenvalue weighted by atomic mass is 10.2. The van der Waals surface area contributed by atoms with Gasteiger partial charge in [0.25, 0.3) is 5.56 Å². The molecule has 0 radical (unpaired) electrons. The highest BCUT2D eigenvalue weighted by molar-refractivity contribution is 8.00. The highest BCUT2D eigenvalue weighted by Gasteiger charge is 2.27. The molecule has 4 N–H and O–H groups in total. The smallest absolute Gasteiger partial charge is 0.397 e. The van der Waals surface area contributed by atoms with E-state index < -0.39 is 5.51 Å². The van der Waals surface area contributed by atoms with Crippen LogP contribution in [0.15, 0.2) is 23.3 Å². The molecule has 1 heterocycles. The Balaban J connectivity index is 2.11. The van der Waals surface area contributed by atoms with E-state index in [1.54, 1.807) is 0 Å². The molecule has 20 heavy (non-hydrogen) atoms. The van der Waals surface area contributed by atoms with Crippen LogP contribution in [0.2, 0.25) is 0 Å². The molecule has 0 saturated carbocycles. The van der Waals surface area contributed by atoms with Gasteiger partial charge in [-0.1, -0.05) is 0 Å². The predicted octanol–water partition coefficient (Wildman–Crippen LogP) is 2.17. The van der Waals surface area contributed by atoms with Crippen molar-refractivity contribution >= 4 is 34.0 Å². The zero-order chi connectivity index (χ0) is 14.8. The molecule has 0 saturated heterocycles. The van der Waals surface area contributed by atoms with E-state index in [2.05, 4.69) is 15.3 Å².